The molecular weight excluding hydrogens is 256 g/mol. The Morgan fingerprint density at radius 1 is 1.25 bits per heavy atom. The Labute approximate surface area is 118 Å². The predicted molar refractivity (Wildman–Crippen MR) is 75.6 cm³/mol. The van der Waals surface area contributed by atoms with E-state index in [0.29, 0.717) is 12.5 Å². The number of carbonyl (C=O) groups excluding carboxylic acids is 1. The first-order chi connectivity index (χ1) is 9.54. The maximum Gasteiger partial charge on any atom is 0.335 e. The second-order valence-corrected chi connectivity index (χ2v) is 5.44. The molecule has 1 aromatic carbocycles. The number of aromatic carboxylic acids is 1. The van der Waals surface area contributed by atoms with Crippen LogP contribution in [0.25, 0.3) is 0 Å². The van der Waals surface area contributed by atoms with E-state index < -0.39 is 5.97 Å². The monoisotopic (exact) mass is 276 g/mol. The molecule has 1 aliphatic rings. The van der Waals surface area contributed by atoms with Crippen molar-refractivity contribution < 1.29 is 14.7 Å². The number of carboxylic acid groups (broad SMARTS) is 1. The molecule has 0 spiro atoms. The Kier molecular flexibility index (Phi) is 4.61. The second kappa shape index (κ2) is 6.41. The maximum atomic E-state index is 11.7. The fourth-order valence-electron chi connectivity index (χ4n) is 2.52. The number of carbonyl (C=O) groups is 2. The molecule has 5 nitrogen and oxygen atoms in total. The van der Waals surface area contributed by atoms with Crippen molar-refractivity contribution in [2.45, 2.75) is 38.8 Å². The molecule has 20 heavy (non-hydrogen) atoms. The summed E-state index contributed by atoms with van der Waals surface area (Å²) in [6.07, 6.45) is 3.25. The highest BCUT2D eigenvalue weighted by molar-refractivity contribution is 5.87. The second-order valence-electron chi connectivity index (χ2n) is 5.44. The van der Waals surface area contributed by atoms with Gasteiger partial charge in [0.1, 0.15) is 0 Å². The summed E-state index contributed by atoms with van der Waals surface area (Å²) >= 11 is 0. The van der Waals surface area contributed by atoms with Gasteiger partial charge < -0.3 is 15.7 Å². The summed E-state index contributed by atoms with van der Waals surface area (Å²) in [6.45, 7) is 2.59. The van der Waals surface area contributed by atoms with Gasteiger partial charge in [0.15, 0.2) is 0 Å². The molecule has 2 atom stereocenters. The molecule has 1 fully saturated rings. The number of urea groups is 1. The fraction of sp³-hybridized carbons (Fsp3) is 0.467. The summed E-state index contributed by atoms with van der Waals surface area (Å²) in [5, 5.41) is 14.6. The van der Waals surface area contributed by atoms with Gasteiger partial charge in [-0.15, -0.1) is 0 Å². The van der Waals surface area contributed by atoms with E-state index in [9.17, 15) is 9.59 Å². The standard InChI is InChI=1S/C15H20N2O3/c1-10-2-7-13(8-10)17-15(20)16-9-11-3-5-12(6-4-11)14(18)19/h3-6,10,13H,2,7-9H2,1H3,(H,18,19)(H2,16,17,20). The first kappa shape index (κ1) is 14.4. The minimum atomic E-state index is -0.947. The normalized spacial score (nSPS) is 21.4. The van der Waals surface area contributed by atoms with Crippen molar-refractivity contribution in [3.8, 4) is 0 Å². The van der Waals surface area contributed by atoms with Crippen molar-refractivity contribution in [2.24, 2.45) is 5.92 Å². The SMILES string of the molecule is CC1CCC(NC(=O)NCc2ccc(C(=O)O)cc2)C1. The third-order valence-electron chi connectivity index (χ3n) is 3.68. The number of benzene rings is 1. The maximum absolute atomic E-state index is 11.7. The summed E-state index contributed by atoms with van der Waals surface area (Å²) in [5.41, 5.74) is 1.13. The van der Waals surface area contributed by atoms with Crippen molar-refractivity contribution in [1.82, 2.24) is 10.6 Å². The topological polar surface area (TPSA) is 78.4 Å². The van der Waals surface area contributed by atoms with Crippen molar-refractivity contribution >= 4 is 12.0 Å². The minimum Gasteiger partial charge on any atom is -0.478 e. The van der Waals surface area contributed by atoms with E-state index in [1.54, 1.807) is 12.1 Å². The summed E-state index contributed by atoms with van der Waals surface area (Å²) in [5.74, 6) is -0.263. The Morgan fingerprint density at radius 2 is 1.95 bits per heavy atom. The zero-order valence-corrected chi connectivity index (χ0v) is 11.6. The highest BCUT2D eigenvalue weighted by Crippen LogP contribution is 2.24. The van der Waals surface area contributed by atoms with Crippen LogP contribution in [0.15, 0.2) is 24.3 Å². The van der Waals surface area contributed by atoms with Gasteiger partial charge in [0, 0.05) is 12.6 Å². The highest BCUT2D eigenvalue weighted by Gasteiger charge is 2.22. The lowest BCUT2D eigenvalue weighted by Gasteiger charge is -2.13. The number of rotatable bonds is 4. The van der Waals surface area contributed by atoms with Gasteiger partial charge in [0.2, 0.25) is 0 Å². The summed E-state index contributed by atoms with van der Waals surface area (Å²) in [6, 6.07) is 6.61. The molecule has 2 rings (SSSR count). The smallest absolute Gasteiger partial charge is 0.335 e. The van der Waals surface area contributed by atoms with E-state index >= 15 is 0 Å². The van der Waals surface area contributed by atoms with Crippen LogP contribution in [0.4, 0.5) is 4.79 Å². The average Bonchev–Trinajstić information content (AvgIpc) is 2.82. The van der Waals surface area contributed by atoms with E-state index in [4.69, 9.17) is 5.11 Å². The fourth-order valence-corrected chi connectivity index (χ4v) is 2.52. The molecule has 2 unspecified atom stereocenters. The molecule has 0 saturated heterocycles. The lowest BCUT2D eigenvalue weighted by Crippen LogP contribution is -2.40. The number of hydrogen-bond donors (Lipinski definition) is 3. The Bertz CT molecular complexity index is 484. The van der Waals surface area contributed by atoms with Crippen molar-refractivity contribution in [2.75, 3.05) is 0 Å². The van der Waals surface area contributed by atoms with Gasteiger partial charge in [-0.2, -0.15) is 0 Å². The largest absolute Gasteiger partial charge is 0.478 e. The van der Waals surface area contributed by atoms with Crippen LogP contribution in [-0.2, 0) is 6.54 Å². The molecular formula is C15H20N2O3. The van der Waals surface area contributed by atoms with Crippen LogP contribution in [-0.4, -0.2) is 23.1 Å². The van der Waals surface area contributed by atoms with Crippen LogP contribution in [0.2, 0.25) is 0 Å². The first-order valence-electron chi connectivity index (χ1n) is 6.91. The van der Waals surface area contributed by atoms with Gasteiger partial charge in [-0.05, 0) is 42.9 Å². The molecule has 5 heteroatoms. The Hall–Kier alpha value is -2.04. The number of nitrogens with one attached hydrogen (secondary N) is 2. The van der Waals surface area contributed by atoms with Crippen molar-refractivity contribution in [1.29, 1.82) is 0 Å². The molecule has 1 aliphatic carbocycles. The van der Waals surface area contributed by atoms with E-state index in [2.05, 4.69) is 17.6 Å². The molecule has 108 valence electrons. The third kappa shape index (κ3) is 3.98. The molecule has 2 amide bonds. The van der Waals surface area contributed by atoms with Gasteiger partial charge >= 0.3 is 12.0 Å². The van der Waals surface area contributed by atoms with E-state index in [1.165, 1.54) is 18.6 Å². The van der Waals surface area contributed by atoms with E-state index in [-0.39, 0.29) is 17.6 Å². The summed E-state index contributed by atoms with van der Waals surface area (Å²) in [7, 11) is 0. The lowest BCUT2D eigenvalue weighted by atomic mass is 10.1. The van der Waals surface area contributed by atoms with Gasteiger partial charge in [-0.1, -0.05) is 19.1 Å². The van der Waals surface area contributed by atoms with Gasteiger partial charge in [0.05, 0.1) is 5.56 Å². The zero-order chi connectivity index (χ0) is 14.5. The lowest BCUT2D eigenvalue weighted by molar-refractivity contribution is 0.0697. The zero-order valence-electron chi connectivity index (χ0n) is 11.6. The molecule has 0 bridgehead atoms. The van der Waals surface area contributed by atoms with Gasteiger partial charge in [0.25, 0.3) is 0 Å². The quantitative estimate of drug-likeness (QED) is 0.790. The molecule has 3 N–H and O–H groups in total. The van der Waals surface area contributed by atoms with E-state index in [0.717, 1.165) is 18.4 Å². The Morgan fingerprint density at radius 3 is 2.50 bits per heavy atom. The van der Waals surface area contributed by atoms with Crippen LogP contribution in [0.1, 0.15) is 42.1 Å². The van der Waals surface area contributed by atoms with Crippen LogP contribution >= 0.6 is 0 Å². The average molecular weight is 276 g/mol. The van der Waals surface area contributed by atoms with Crippen LogP contribution in [0, 0.1) is 5.92 Å². The third-order valence-corrected chi connectivity index (χ3v) is 3.68. The minimum absolute atomic E-state index is 0.161. The van der Waals surface area contributed by atoms with Crippen LogP contribution in [0.5, 0.6) is 0 Å². The van der Waals surface area contributed by atoms with Gasteiger partial charge in [-0.25, -0.2) is 9.59 Å². The predicted octanol–water partition coefficient (Wildman–Crippen LogP) is 2.37. The number of carboxylic acids is 1. The van der Waals surface area contributed by atoms with E-state index in [1.807, 2.05) is 0 Å². The molecule has 0 radical (unpaired) electrons. The Balaban J connectivity index is 1.76. The van der Waals surface area contributed by atoms with Crippen LogP contribution in [0.3, 0.4) is 0 Å². The highest BCUT2D eigenvalue weighted by atomic mass is 16.4. The molecule has 1 saturated carbocycles. The summed E-state index contributed by atoms with van der Waals surface area (Å²) < 4.78 is 0. The van der Waals surface area contributed by atoms with Crippen LogP contribution < -0.4 is 10.6 Å². The molecule has 0 aliphatic heterocycles. The summed E-state index contributed by atoms with van der Waals surface area (Å²) in [4.78, 5) is 22.5. The molecule has 0 aromatic heterocycles. The van der Waals surface area contributed by atoms with Gasteiger partial charge in [-0.3, -0.25) is 0 Å². The molecule has 1 aromatic rings. The van der Waals surface area contributed by atoms with Crippen molar-refractivity contribution in [3.05, 3.63) is 35.4 Å². The molecule has 0 heterocycles. The number of hydrogen-bond acceptors (Lipinski definition) is 2. The first-order valence-corrected chi connectivity index (χ1v) is 6.91. The number of amides is 2. The van der Waals surface area contributed by atoms with Crippen molar-refractivity contribution in [3.63, 3.8) is 0 Å².